The fourth-order valence-electron chi connectivity index (χ4n) is 1.62. The molecule has 1 aromatic rings. The Morgan fingerprint density at radius 2 is 1.85 bits per heavy atom. The summed E-state index contributed by atoms with van der Waals surface area (Å²) in [6, 6.07) is 3.19. The minimum atomic E-state index is -0.511. The number of benzene rings is 1. The molecule has 1 rings (SSSR count). The fourth-order valence-corrected chi connectivity index (χ4v) is 2.46. The van der Waals surface area contributed by atoms with Crippen molar-refractivity contribution in [2.24, 2.45) is 0 Å². The Morgan fingerprint density at radius 1 is 1.30 bits per heavy atom. The van der Waals surface area contributed by atoms with E-state index in [2.05, 4.69) is 25.3 Å². The first-order valence-corrected chi connectivity index (χ1v) is 7.25. The van der Waals surface area contributed by atoms with E-state index < -0.39 is 11.6 Å². The standard InChI is InChI=1S/C12H13BrO5S.Na/c1-7-5-9(11(15)10(14)3-4-13)6-8(2)12(7)19-18-17-16;/h5-6,16H,3-4H2,1-2H3;/q;+1/p-1. The second-order valence-corrected chi connectivity index (χ2v) is 5.35. The van der Waals surface area contributed by atoms with Crippen molar-refractivity contribution in [3.05, 3.63) is 28.8 Å². The molecule has 104 valence electrons. The van der Waals surface area contributed by atoms with Crippen LogP contribution in [0.4, 0.5) is 0 Å². The summed E-state index contributed by atoms with van der Waals surface area (Å²) < 4.78 is 4.27. The Balaban J connectivity index is 0.00000361. The Labute approximate surface area is 151 Å². The summed E-state index contributed by atoms with van der Waals surface area (Å²) in [5.41, 5.74) is 1.81. The van der Waals surface area contributed by atoms with E-state index in [4.69, 9.17) is 0 Å². The molecule has 0 bridgehead atoms. The van der Waals surface area contributed by atoms with Crippen molar-refractivity contribution in [2.75, 3.05) is 5.33 Å². The normalized spacial score (nSPS) is 10.0. The van der Waals surface area contributed by atoms with Crippen molar-refractivity contribution in [2.45, 2.75) is 25.2 Å². The zero-order chi connectivity index (χ0) is 14.4. The maximum atomic E-state index is 11.9. The molecule has 1 aromatic carbocycles. The van der Waals surface area contributed by atoms with Crippen LogP contribution in [0.25, 0.3) is 0 Å². The van der Waals surface area contributed by atoms with Crippen molar-refractivity contribution < 1.29 is 53.8 Å². The predicted octanol–water partition coefficient (Wildman–Crippen LogP) is -0.925. The molecular formula is C12H12BrNaO5S. The molecular weight excluding hydrogens is 359 g/mol. The van der Waals surface area contributed by atoms with Gasteiger partial charge in [-0.05, 0) is 37.1 Å². The van der Waals surface area contributed by atoms with Gasteiger partial charge in [0.1, 0.15) is 0 Å². The fraction of sp³-hybridized carbons (Fsp3) is 0.333. The Bertz CT molecular complexity index is 472. The third-order valence-corrected chi connectivity index (χ3v) is 3.77. The van der Waals surface area contributed by atoms with Crippen molar-refractivity contribution in [3.63, 3.8) is 0 Å². The van der Waals surface area contributed by atoms with Crippen molar-refractivity contribution in [1.29, 1.82) is 0 Å². The first-order chi connectivity index (χ1) is 9.01. The molecule has 0 aliphatic carbocycles. The van der Waals surface area contributed by atoms with Gasteiger partial charge in [-0.25, -0.2) is 0 Å². The van der Waals surface area contributed by atoms with E-state index >= 15 is 0 Å². The van der Waals surface area contributed by atoms with Crippen LogP contribution < -0.4 is 34.8 Å². The number of carbonyl (C=O) groups is 2. The Morgan fingerprint density at radius 3 is 2.30 bits per heavy atom. The van der Waals surface area contributed by atoms with Crippen LogP contribution in [0.1, 0.15) is 27.9 Å². The van der Waals surface area contributed by atoms with Crippen LogP contribution in [-0.2, 0) is 14.2 Å². The van der Waals surface area contributed by atoms with Gasteiger partial charge in [0.25, 0.3) is 0 Å². The molecule has 0 radical (unpaired) electrons. The largest absolute Gasteiger partial charge is 1.00 e. The summed E-state index contributed by atoms with van der Waals surface area (Å²) in [6.07, 6.45) is 0.167. The minimum absolute atomic E-state index is 0. The van der Waals surface area contributed by atoms with Gasteiger partial charge in [0.15, 0.2) is 0 Å². The molecule has 0 saturated heterocycles. The van der Waals surface area contributed by atoms with Crippen LogP contribution in [-0.4, -0.2) is 16.9 Å². The summed E-state index contributed by atoms with van der Waals surface area (Å²) in [4.78, 5) is 24.1. The predicted molar refractivity (Wildman–Crippen MR) is 71.7 cm³/mol. The van der Waals surface area contributed by atoms with Crippen LogP contribution in [0, 0.1) is 13.8 Å². The Kier molecular flexibility index (Phi) is 10.2. The van der Waals surface area contributed by atoms with Crippen LogP contribution in [0.5, 0.6) is 0 Å². The monoisotopic (exact) mass is 370 g/mol. The van der Waals surface area contributed by atoms with Gasteiger partial charge >= 0.3 is 29.6 Å². The van der Waals surface area contributed by atoms with E-state index in [1.54, 1.807) is 26.0 Å². The third-order valence-electron chi connectivity index (χ3n) is 2.44. The first kappa shape index (κ1) is 20.3. The molecule has 0 atom stereocenters. The molecule has 5 nitrogen and oxygen atoms in total. The van der Waals surface area contributed by atoms with E-state index in [1.165, 1.54) is 0 Å². The number of rotatable bonds is 7. The number of Topliss-reactive ketones (excluding diaryl/α,β-unsaturated/α-hetero) is 2. The van der Waals surface area contributed by atoms with E-state index in [0.717, 1.165) is 23.2 Å². The molecule has 0 aliphatic heterocycles. The van der Waals surface area contributed by atoms with Crippen molar-refractivity contribution >= 4 is 39.5 Å². The van der Waals surface area contributed by atoms with Gasteiger partial charge in [-0.1, -0.05) is 15.9 Å². The summed E-state index contributed by atoms with van der Waals surface area (Å²) in [7, 11) is 0. The number of hydrogen-bond acceptors (Lipinski definition) is 6. The second-order valence-electron chi connectivity index (χ2n) is 3.85. The van der Waals surface area contributed by atoms with Gasteiger partial charge < -0.3 is 5.26 Å². The first-order valence-electron chi connectivity index (χ1n) is 5.39. The molecule has 0 unspecified atom stereocenters. The van der Waals surface area contributed by atoms with E-state index in [-0.39, 0.29) is 36.0 Å². The zero-order valence-corrected chi connectivity index (χ0v) is 15.8. The van der Waals surface area contributed by atoms with Crippen molar-refractivity contribution in [1.82, 2.24) is 0 Å². The molecule has 20 heavy (non-hydrogen) atoms. The SMILES string of the molecule is Cc1cc(C(=O)C(=O)CCBr)cc(C)c1SOO[O-].[Na+]. The maximum absolute atomic E-state index is 11.9. The average Bonchev–Trinajstić information content (AvgIpc) is 2.37. The molecule has 0 amide bonds. The Hall–Kier alpha value is 0.270. The smallest absolute Gasteiger partial charge is 0.691 e. The number of hydrogen-bond donors (Lipinski definition) is 0. The molecule has 0 saturated carbocycles. The zero-order valence-electron chi connectivity index (χ0n) is 11.4. The van der Waals surface area contributed by atoms with Crippen molar-refractivity contribution in [3.8, 4) is 0 Å². The number of ketones is 2. The average molecular weight is 371 g/mol. The van der Waals surface area contributed by atoms with Crippen LogP contribution >= 0.6 is 28.0 Å². The third kappa shape index (κ3) is 5.57. The van der Waals surface area contributed by atoms with Crippen LogP contribution in [0.2, 0.25) is 0 Å². The van der Waals surface area contributed by atoms with Crippen LogP contribution in [0.15, 0.2) is 17.0 Å². The topological polar surface area (TPSA) is 75.7 Å². The van der Waals surface area contributed by atoms with E-state index in [0.29, 0.717) is 15.8 Å². The quantitative estimate of drug-likeness (QED) is 0.117. The van der Waals surface area contributed by atoms with E-state index in [1.807, 2.05) is 0 Å². The maximum Gasteiger partial charge on any atom is 1.00 e. The molecule has 0 heterocycles. The number of halogens is 1. The summed E-state index contributed by atoms with van der Waals surface area (Å²) in [5.74, 6) is -0.946. The van der Waals surface area contributed by atoms with Crippen LogP contribution in [0.3, 0.4) is 0 Å². The molecule has 0 aromatic heterocycles. The summed E-state index contributed by atoms with van der Waals surface area (Å²) >= 11 is 3.90. The molecule has 0 fully saturated rings. The minimum Gasteiger partial charge on any atom is -0.691 e. The summed E-state index contributed by atoms with van der Waals surface area (Å²) in [6.45, 7) is 3.52. The summed E-state index contributed by atoms with van der Waals surface area (Å²) in [5, 5.41) is 13.6. The second kappa shape index (κ2) is 10.1. The number of carbonyl (C=O) groups excluding carboxylic acids is 2. The number of aryl methyl sites for hydroxylation is 2. The number of alkyl halides is 1. The van der Waals surface area contributed by atoms with Gasteiger partial charge in [-0.3, -0.25) is 14.6 Å². The van der Waals surface area contributed by atoms with Gasteiger partial charge in [-0.2, -0.15) is 4.33 Å². The van der Waals surface area contributed by atoms with Gasteiger partial charge in [0.2, 0.25) is 11.6 Å². The molecule has 0 spiro atoms. The van der Waals surface area contributed by atoms with Gasteiger partial charge in [0, 0.05) is 22.2 Å². The molecule has 8 heteroatoms. The molecule has 0 aliphatic rings. The van der Waals surface area contributed by atoms with E-state index in [9.17, 15) is 14.8 Å². The van der Waals surface area contributed by atoms with Gasteiger partial charge in [0.05, 0.1) is 12.0 Å². The van der Waals surface area contributed by atoms with Gasteiger partial charge in [-0.15, -0.1) is 0 Å². The molecule has 0 N–H and O–H groups in total.